The molecule has 0 aliphatic rings. The molecular formula is C16H26O3. The lowest BCUT2D eigenvalue weighted by atomic mass is 9.89. The molecule has 1 rings (SSSR count). The fraction of sp³-hybridized carbons (Fsp3) is 0.625. The molecule has 1 aromatic carbocycles. The highest BCUT2D eigenvalue weighted by Crippen LogP contribution is 2.32. The minimum atomic E-state index is -0.0425. The summed E-state index contributed by atoms with van der Waals surface area (Å²) in [5.74, 6) is 1.20. The van der Waals surface area contributed by atoms with Crippen molar-refractivity contribution in [3.8, 4) is 11.5 Å². The number of hydrogen-bond donors (Lipinski definition) is 2. The Morgan fingerprint density at radius 3 is 2.37 bits per heavy atom. The molecule has 0 atom stereocenters. The molecule has 108 valence electrons. The van der Waals surface area contributed by atoms with Gasteiger partial charge in [-0.15, -0.1) is 0 Å². The minimum absolute atomic E-state index is 0.0425. The Kier molecular flexibility index (Phi) is 5.24. The van der Waals surface area contributed by atoms with Gasteiger partial charge in [0.15, 0.2) is 0 Å². The SMILES string of the molecule is Cc1cc(OCCCC(C)(C)CO)c(C)c(C)c1O. The van der Waals surface area contributed by atoms with Crippen LogP contribution in [0.4, 0.5) is 0 Å². The molecule has 0 aliphatic heterocycles. The maximum atomic E-state index is 9.84. The molecule has 0 unspecified atom stereocenters. The molecule has 19 heavy (non-hydrogen) atoms. The van der Waals surface area contributed by atoms with Gasteiger partial charge in [0.25, 0.3) is 0 Å². The van der Waals surface area contributed by atoms with Crippen LogP contribution in [-0.4, -0.2) is 23.4 Å². The maximum Gasteiger partial charge on any atom is 0.122 e. The van der Waals surface area contributed by atoms with E-state index in [9.17, 15) is 10.2 Å². The van der Waals surface area contributed by atoms with Gasteiger partial charge in [0.2, 0.25) is 0 Å². The van der Waals surface area contributed by atoms with Crippen molar-refractivity contribution in [1.82, 2.24) is 0 Å². The molecule has 0 bridgehead atoms. The van der Waals surface area contributed by atoms with E-state index < -0.39 is 0 Å². The predicted octanol–water partition coefficient (Wildman–Crippen LogP) is 3.49. The van der Waals surface area contributed by atoms with E-state index >= 15 is 0 Å². The third-order valence-corrected chi connectivity index (χ3v) is 3.69. The van der Waals surface area contributed by atoms with Crippen molar-refractivity contribution in [2.24, 2.45) is 5.41 Å². The van der Waals surface area contributed by atoms with Gasteiger partial charge in [0.05, 0.1) is 6.61 Å². The van der Waals surface area contributed by atoms with Crippen molar-refractivity contribution in [2.45, 2.75) is 47.5 Å². The van der Waals surface area contributed by atoms with Gasteiger partial charge in [-0.05, 0) is 61.8 Å². The van der Waals surface area contributed by atoms with Gasteiger partial charge in [-0.3, -0.25) is 0 Å². The van der Waals surface area contributed by atoms with Gasteiger partial charge in [-0.25, -0.2) is 0 Å². The molecule has 3 nitrogen and oxygen atoms in total. The van der Waals surface area contributed by atoms with E-state index in [4.69, 9.17) is 4.74 Å². The number of aromatic hydroxyl groups is 1. The van der Waals surface area contributed by atoms with E-state index in [2.05, 4.69) is 0 Å². The molecule has 2 N–H and O–H groups in total. The number of ether oxygens (including phenoxy) is 1. The van der Waals surface area contributed by atoms with Crippen LogP contribution in [-0.2, 0) is 0 Å². The summed E-state index contributed by atoms with van der Waals surface area (Å²) >= 11 is 0. The molecule has 0 fully saturated rings. The van der Waals surface area contributed by atoms with Crippen molar-refractivity contribution in [1.29, 1.82) is 0 Å². The standard InChI is InChI=1S/C16H26O3/c1-11-9-14(12(2)13(3)15(11)18)19-8-6-7-16(4,5)10-17/h9,17-18H,6-8,10H2,1-5H3. The Morgan fingerprint density at radius 1 is 1.16 bits per heavy atom. The van der Waals surface area contributed by atoms with Crippen LogP contribution in [0.1, 0.15) is 43.4 Å². The average Bonchev–Trinajstić information content (AvgIpc) is 2.37. The van der Waals surface area contributed by atoms with Crippen molar-refractivity contribution in [3.05, 3.63) is 22.8 Å². The second-order valence-electron chi connectivity index (χ2n) is 6.06. The fourth-order valence-electron chi connectivity index (χ4n) is 1.99. The van der Waals surface area contributed by atoms with Crippen LogP contribution < -0.4 is 4.74 Å². The van der Waals surface area contributed by atoms with Crippen LogP contribution in [0, 0.1) is 26.2 Å². The first-order valence-corrected chi connectivity index (χ1v) is 6.82. The smallest absolute Gasteiger partial charge is 0.122 e. The highest BCUT2D eigenvalue weighted by molar-refractivity contribution is 5.51. The normalized spacial score (nSPS) is 11.7. The zero-order chi connectivity index (χ0) is 14.6. The molecule has 0 aliphatic carbocycles. The monoisotopic (exact) mass is 266 g/mol. The van der Waals surface area contributed by atoms with Gasteiger partial charge in [0.1, 0.15) is 11.5 Å². The van der Waals surface area contributed by atoms with Crippen molar-refractivity contribution in [3.63, 3.8) is 0 Å². The van der Waals surface area contributed by atoms with Gasteiger partial charge in [-0.1, -0.05) is 13.8 Å². The summed E-state index contributed by atoms with van der Waals surface area (Å²) < 4.78 is 5.80. The summed E-state index contributed by atoms with van der Waals surface area (Å²) in [4.78, 5) is 0. The Morgan fingerprint density at radius 2 is 1.79 bits per heavy atom. The Labute approximate surface area is 116 Å². The van der Waals surface area contributed by atoms with E-state index in [0.717, 1.165) is 35.3 Å². The zero-order valence-electron chi connectivity index (χ0n) is 12.7. The molecule has 0 aromatic heterocycles. The number of phenolic OH excluding ortho intramolecular Hbond substituents is 1. The number of hydrogen-bond acceptors (Lipinski definition) is 3. The number of aliphatic hydroxyl groups excluding tert-OH is 1. The largest absolute Gasteiger partial charge is 0.507 e. The first kappa shape index (κ1) is 15.8. The molecule has 0 radical (unpaired) electrons. The second-order valence-corrected chi connectivity index (χ2v) is 6.06. The van der Waals surface area contributed by atoms with E-state index in [1.54, 1.807) is 0 Å². The highest BCUT2D eigenvalue weighted by Gasteiger charge is 2.16. The maximum absolute atomic E-state index is 9.84. The zero-order valence-corrected chi connectivity index (χ0v) is 12.7. The fourth-order valence-corrected chi connectivity index (χ4v) is 1.99. The molecule has 0 saturated heterocycles. The topological polar surface area (TPSA) is 49.7 Å². The number of rotatable bonds is 6. The van der Waals surface area contributed by atoms with Crippen LogP contribution in [0.15, 0.2) is 6.07 Å². The molecule has 0 amide bonds. The summed E-state index contributed by atoms with van der Waals surface area (Å²) in [6, 6.07) is 1.88. The first-order chi connectivity index (χ1) is 8.78. The van der Waals surface area contributed by atoms with Gasteiger partial charge < -0.3 is 14.9 Å². The van der Waals surface area contributed by atoms with E-state index in [1.165, 1.54) is 0 Å². The number of benzene rings is 1. The molecular weight excluding hydrogens is 240 g/mol. The van der Waals surface area contributed by atoms with Crippen molar-refractivity contribution in [2.75, 3.05) is 13.2 Å². The highest BCUT2D eigenvalue weighted by atomic mass is 16.5. The quantitative estimate of drug-likeness (QED) is 0.775. The Hall–Kier alpha value is -1.22. The Balaban J connectivity index is 2.60. The van der Waals surface area contributed by atoms with Crippen LogP contribution >= 0.6 is 0 Å². The van der Waals surface area contributed by atoms with Crippen LogP contribution in [0.5, 0.6) is 11.5 Å². The number of aryl methyl sites for hydroxylation is 1. The van der Waals surface area contributed by atoms with Gasteiger partial charge in [0, 0.05) is 6.61 Å². The predicted molar refractivity (Wildman–Crippen MR) is 77.9 cm³/mol. The number of phenols is 1. The summed E-state index contributed by atoms with van der Waals surface area (Å²) in [7, 11) is 0. The molecule has 0 heterocycles. The van der Waals surface area contributed by atoms with Crippen molar-refractivity contribution < 1.29 is 14.9 Å². The second kappa shape index (κ2) is 6.29. The summed E-state index contributed by atoms with van der Waals surface area (Å²) in [5.41, 5.74) is 2.67. The van der Waals surface area contributed by atoms with E-state index in [-0.39, 0.29) is 12.0 Å². The first-order valence-electron chi connectivity index (χ1n) is 6.82. The lowest BCUT2D eigenvalue weighted by Gasteiger charge is -2.21. The molecule has 0 saturated carbocycles. The lowest BCUT2D eigenvalue weighted by molar-refractivity contribution is 0.140. The van der Waals surface area contributed by atoms with Gasteiger partial charge in [-0.2, -0.15) is 0 Å². The minimum Gasteiger partial charge on any atom is -0.507 e. The Bertz CT molecular complexity index is 436. The average molecular weight is 266 g/mol. The third kappa shape index (κ3) is 4.13. The lowest BCUT2D eigenvalue weighted by Crippen LogP contribution is -2.17. The number of aliphatic hydroxyl groups is 1. The molecule has 1 aromatic rings. The third-order valence-electron chi connectivity index (χ3n) is 3.69. The molecule has 0 spiro atoms. The molecule has 3 heteroatoms. The van der Waals surface area contributed by atoms with Crippen LogP contribution in [0.2, 0.25) is 0 Å². The van der Waals surface area contributed by atoms with E-state index in [0.29, 0.717) is 12.4 Å². The van der Waals surface area contributed by atoms with Gasteiger partial charge >= 0.3 is 0 Å². The van der Waals surface area contributed by atoms with Crippen LogP contribution in [0.25, 0.3) is 0 Å². The summed E-state index contributed by atoms with van der Waals surface area (Å²) in [6.45, 7) is 10.7. The van der Waals surface area contributed by atoms with Crippen molar-refractivity contribution >= 4 is 0 Å². The summed E-state index contributed by atoms with van der Waals surface area (Å²) in [6.07, 6.45) is 1.84. The summed E-state index contributed by atoms with van der Waals surface area (Å²) in [5, 5.41) is 19.0. The van der Waals surface area contributed by atoms with Crippen LogP contribution in [0.3, 0.4) is 0 Å². The van der Waals surface area contributed by atoms with E-state index in [1.807, 2.05) is 40.7 Å².